The summed E-state index contributed by atoms with van der Waals surface area (Å²) in [6, 6.07) is 0. The topological polar surface area (TPSA) is 52.0 Å². The molecular formula is C6H12I2N2. The molecule has 1 fully saturated rings. The second-order valence-electron chi connectivity index (χ2n) is 2.81. The minimum atomic E-state index is -0.155. The molecule has 2 atom stereocenters. The summed E-state index contributed by atoms with van der Waals surface area (Å²) in [6.07, 6.45) is 3.58. The quantitative estimate of drug-likeness (QED) is 0.419. The molecule has 0 aromatic heterocycles. The third-order valence-corrected chi connectivity index (χ3v) is 7.03. The fourth-order valence-electron chi connectivity index (χ4n) is 1.32. The van der Waals surface area contributed by atoms with E-state index in [0.29, 0.717) is 3.92 Å². The second-order valence-corrected chi connectivity index (χ2v) is 6.32. The van der Waals surface area contributed by atoms with Gasteiger partial charge in [0.2, 0.25) is 0 Å². The van der Waals surface area contributed by atoms with E-state index < -0.39 is 0 Å². The molecular weight excluding hydrogens is 354 g/mol. The Hall–Kier alpha value is 1.38. The van der Waals surface area contributed by atoms with Crippen molar-refractivity contribution in [3.05, 3.63) is 0 Å². The fourth-order valence-corrected chi connectivity index (χ4v) is 3.18. The Kier molecular flexibility index (Phi) is 3.22. The summed E-state index contributed by atoms with van der Waals surface area (Å²) in [5, 5.41) is 0. The van der Waals surface area contributed by atoms with Crippen LogP contribution in [0, 0.1) is 0 Å². The first-order chi connectivity index (χ1) is 4.57. The van der Waals surface area contributed by atoms with Crippen molar-refractivity contribution in [2.45, 2.75) is 32.8 Å². The first kappa shape index (κ1) is 9.47. The molecule has 1 aliphatic carbocycles. The molecule has 1 aliphatic rings. The van der Waals surface area contributed by atoms with Crippen molar-refractivity contribution in [1.82, 2.24) is 0 Å². The summed E-state index contributed by atoms with van der Waals surface area (Å²) >= 11 is 4.88. The van der Waals surface area contributed by atoms with Crippen molar-refractivity contribution >= 4 is 45.2 Å². The molecule has 0 spiro atoms. The first-order valence-electron chi connectivity index (χ1n) is 3.41. The van der Waals surface area contributed by atoms with Crippen LogP contribution in [0.25, 0.3) is 0 Å². The maximum Gasteiger partial charge on any atom is 0.0681 e. The maximum absolute atomic E-state index is 5.69. The van der Waals surface area contributed by atoms with Gasteiger partial charge in [-0.05, 0) is 12.8 Å². The monoisotopic (exact) mass is 366 g/mol. The van der Waals surface area contributed by atoms with Gasteiger partial charge in [-0.15, -0.1) is 0 Å². The van der Waals surface area contributed by atoms with Gasteiger partial charge in [0.1, 0.15) is 0 Å². The SMILES string of the molecule is NC(N)C1(I)CCCC1I. The number of hydrogen-bond acceptors (Lipinski definition) is 2. The Labute approximate surface area is 88.8 Å². The third kappa shape index (κ3) is 1.59. The van der Waals surface area contributed by atoms with Gasteiger partial charge in [-0.1, -0.05) is 51.6 Å². The van der Waals surface area contributed by atoms with E-state index in [-0.39, 0.29) is 9.59 Å². The molecule has 2 nitrogen and oxygen atoms in total. The second kappa shape index (κ2) is 3.40. The van der Waals surface area contributed by atoms with Crippen LogP contribution in [0.1, 0.15) is 19.3 Å². The molecule has 0 aromatic rings. The number of hydrogen-bond donors (Lipinski definition) is 2. The summed E-state index contributed by atoms with van der Waals surface area (Å²) < 4.78 is 0.823. The van der Waals surface area contributed by atoms with Crippen LogP contribution in [0.3, 0.4) is 0 Å². The summed E-state index contributed by atoms with van der Waals surface area (Å²) in [5.74, 6) is 0. The number of halogens is 2. The van der Waals surface area contributed by atoms with E-state index in [9.17, 15) is 0 Å². The molecule has 0 radical (unpaired) electrons. The van der Waals surface area contributed by atoms with E-state index in [0.717, 1.165) is 0 Å². The molecule has 0 aromatic carbocycles. The smallest absolute Gasteiger partial charge is 0.0681 e. The highest BCUT2D eigenvalue weighted by Crippen LogP contribution is 2.43. The molecule has 60 valence electrons. The Morgan fingerprint density at radius 2 is 2.10 bits per heavy atom. The zero-order valence-electron chi connectivity index (χ0n) is 5.69. The van der Waals surface area contributed by atoms with Crippen LogP contribution < -0.4 is 11.5 Å². The lowest BCUT2D eigenvalue weighted by atomic mass is 10.1. The van der Waals surface area contributed by atoms with Crippen LogP contribution in [-0.4, -0.2) is 13.5 Å². The predicted octanol–water partition coefficient (Wildman–Crippen LogP) is 1.39. The van der Waals surface area contributed by atoms with E-state index >= 15 is 0 Å². The van der Waals surface area contributed by atoms with E-state index in [4.69, 9.17) is 11.5 Å². The van der Waals surface area contributed by atoms with E-state index in [1.807, 2.05) is 0 Å². The lowest BCUT2D eigenvalue weighted by Gasteiger charge is -2.29. The largest absolute Gasteiger partial charge is 0.315 e. The highest BCUT2D eigenvalue weighted by atomic mass is 127. The van der Waals surface area contributed by atoms with Crippen LogP contribution in [0.2, 0.25) is 0 Å². The van der Waals surface area contributed by atoms with Crippen LogP contribution >= 0.6 is 45.2 Å². The van der Waals surface area contributed by atoms with Gasteiger partial charge >= 0.3 is 0 Å². The van der Waals surface area contributed by atoms with Crippen LogP contribution in [0.4, 0.5) is 0 Å². The molecule has 10 heavy (non-hydrogen) atoms. The molecule has 0 heterocycles. The van der Waals surface area contributed by atoms with Gasteiger partial charge in [-0.2, -0.15) is 0 Å². The van der Waals surface area contributed by atoms with Crippen LogP contribution in [0.15, 0.2) is 0 Å². The summed E-state index contributed by atoms with van der Waals surface area (Å²) in [5.41, 5.74) is 11.4. The Balaban J connectivity index is 2.66. The Morgan fingerprint density at radius 3 is 2.30 bits per heavy atom. The minimum absolute atomic E-state index is 0.155. The Morgan fingerprint density at radius 1 is 1.50 bits per heavy atom. The van der Waals surface area contributed by atoms with Crippen molar-refractivity contribution in [3.63, 3.8) is 0 Å². The normalized spacial score (nSPS) is 41.1. The fraction of sp³-hybridized carbons (Fsp3) is 1.00. The van der Waals surface area contributed by atoms with Gasteiger partial charge in [-0.3, -0.25) is 0 Å². The third-order valence-electron chi connectivity index (χ3n) is 2.09. The van der Waals surface area contributed by atoms with Gasteiger partial charge in [0.25, 0.3) is 0 Å². The van der Waals surface area contributed by atoms with Crippen molar-refractivity contribution in [1.29, 1.82) is 0 Å². The minimum Gasteiger partial charge on any atom is -0.315 e. The molecule has 2 unspecified atom stereocenters. The number of alkyl halides is 2. The summed E-state index contributed by atoms with van der Waals surface area (Å²) in [6.45, 7) is 0. The van der Waals surface area contributed by atoms with Gasteiger partial charge in [0.05, 0.1) is 9.59 Å². The first-order valence-corrected chi connectivity index (χ1v) is 5.74. The predicted molar refractivity (Wildman–Crippen MR) is 60.6 cm³/mol. The lowest BCUT2D eigenvalue weighted by Crippen LogP contribution is -2.52. The van der Waals surface area contributed by atoms with Crippen molar-refractivity contribution in [3.8, 4) is 0 Å². The van der Waals surface area contributed by atoms with Gasteiger partial charge in [0, 0.05) is 3.92 Å². The van der Waals surface area contributed by atoms with Crippen molar-refractivity contribution in [2.75, 3.05) is 0 Å². The molecule has 1 saturated carbocycles. The molecule has 0 amide bonds. The van der Waals surface area contributed by atoms with E-state index in [2.05, 4.69) is 45.2 Å². The summed E-state index contributed by atoms with van der Waals surface area (Å²) in [7, 11) is 0. The van der Waals surface area contributed by atoms with E-state index in [1.165, 1.54) is 19.3 Å². The molecule has 0 bridgehead atoms. The standard InChI is InChI=1S/C6H12I2N2/c7-4-2-1-3-6(4,8)5(9)10/h4-5H,1-3,9-10H2. The van der Waals surface area contributed by atoms with Gasteiger partial charge in [0.15, 0.2) is 0 Å². The van der Waals surface area contributed by atoms with Gasteiger partial charge in [-0.25, -0.2) is 0 Å². The van der Waals surface area contributed by atoms with E-state index in [1.54, 1.807) is 0 Å². The highest BCUT2D eigenvalue weighted by Gasteiger charge is 2.42. The molecule has 4 heteroatoms. The zero-order chi connectivity index (χ0) is 7.78. The Bertz CT molecular complexity index is 129. The highest BCUT2D eigenvalue weighted by molar-refractivity contribution is 14.1. The zero-order valence-corrected chi connectivity index (χ0v) is 10.0. The van der Waals surface area contributed by atoms with Crippen LogP contribution in [-0.2, 0) is 0 Å². The number of rotatable bonds is 1. The molecule has 0 saturated heterocycles. The van der Waals surface area contributed by atoms with Gasteiger partial charge < -0.3 is 11.5 Å². The molecule has 1 rings (SSSR count). The molecule has 4 N–H and O–H groups in total. The van der Waals surface area contributed by atoms with Crippen molar-refractivity contribution in [2.24, 2.45) is 11.5 Å². The van der Waals surface area contributed by atoms with Crippen LogP contribution in [0.5, 0.6) is 0 Å². The number of nitrogens with two attached hydrogens (primary N) is 2. The maximum atomic E-state index is 5.69. The lowest BCUT2D eigenvalue weighted by molar-refractivity contribution is 0.531. The summed E-state index contributed by atoms with van der Waals surface area (Å²) in [4.78, 5) is 0. The average molecular weight is 366 g/mol. The van der Waals surface area contributed by atoms with Crippen molar-refractivity contribution < 1.29 is 0 Å². The molecule has 0 aliphatic heterocycles. The average Bonchev–Trinajstić information content (AvgIpc) is 2.15.